The van der Waals surface area contributed by atoms with Gasteiger partial charge in [-0.15, -0.1) is 23.4 Å². The van der Waals surface area contributed by atoms with Gasteiger partial charge in [-0.05, 0) is 5.56 Å². The fraction of sp³-hybridized carbons (Fsp3) is 0.300. The lowest BCUT2D eigenvalue weighted by Gasteiger charge is -2.34. The molecule has 1 aromatic carbocycles. The molecule has 1 aromatic rings. The summed E-state index contributed by atoms with van der Waals surface area (Å²) in [5.74, 6) is 0. The van der Waals surface area contributed by atoms with Crippen molar-refractivity contribution < 1.29 is 4.39 Å². The molecule has 3 atom stereocenters. The van der Waals surface area contributed by atoms with Gasteiger partial charge in [0.2, 0.25) is 0 Å². The van der Waals surface area contributed by atoms with E-state index in [9.17, 15) is 4.39 Å². The van der Waals surface area contributed by atoms with Gasteiger partial charge < -0.3 is 0 Å². The van der Waals surface area contributed by atoms with Gasteiger partial charge >= 0.3 is 0 Å². The van der Waals surface area contributed by atoms with Crippen molar-refractivity contribution in [3.05, 3.63) is 42.3 Å². The molecule has 1 aliphatic heterocycles. The normalized spacial score (nSPS) is 32.6. The second-order valence-corrected chi connectivity index (χ2v) is 4.74. The molecule has 0 nitrogen and oxygen atoms in total. The van der Waals surface area contributed by atoms with E-state index in [1.54, 1.807) is 0 Å². The SMILES string of the molecule is FC1SC([CH]c2ccccc2)C1Cl. The number of hydrogen-bond donors (Lipinski definition) is 0. The van der Waals surface area contributed by atoms with Gasteiger partial charge in [-0.25, -0.2) is 4.39 Å². The summed E-state index contributed by atoms with van der Waals surface area (Å²) in [7, 11) is 0. The van der Waals surface area contributed by atoms with E-state index in [0.29, 0.717) is 0 Å². The molecule has 13 heavy (non-hydrogen) atoms. The fourth-order valence-corrected chi connectivity index (χ4v) is 2.55. The average molecular weight is 216 g/mol. The third-order valence-electron chi connectivity index (χ3n) is 2.01. The third-order valence-corrected chi connectivity index (χ3v) is 4.10. The molecule has 0 bridgehead atoms. The first-order chi connectivity index (χ1) is 6.27. The topological polar surface area (TPSA) is 0 Å². The van der Waals surface area contributed by atoms with Gasteiger partial charge in [-0.2, -0.15) is 0 Å². The van der Waals surface area contributed by atoms with Gasteiger partial charge in [0.25, 0.3) is 0 Å². The molecule has 0 aromatic heterocycles. The molecule has 0 amide bonds. The minimum Gasteiger partial charge on any atom is -0.234 e. The van der Waals surface area contributed by atoms with Crippen molar-refractivity contribution in [1.82, 2.24) is 0 Å². The second-order valence-electron chi connectivity index (χ2n) is 2.97. The Hall–Kier alpha value is -0.210. The minimum atomic E-state index is -0.897. The predicted octanol–water partition coefficient (Wildman–Crippen LogP) is 3.26. The Kier molecular flexibility index (Phi) is 2.80. The van der Waals surface area contributed by atoms with E-state index >= 15 is 0 Å². The molecule has 1 heterocycles. The first-order valence-electron chi connectivity index (χ1n) is 4.11. The standard InChI is InChI=1S/C10H9ClFS/c11-9-8(13-10(9)12)6-7-4-2-1-3-5-7/h1-6,8-10H. The largest absolute Gasteiger partial charge is 0.234 e. The summed E-state index contributed by atoms with van der Waals surface area (Å²) in [5.41, 5.74) is 0.212. The predicted molar refractivity (Wildman–Crippen MR) is 55.8 cm³/mol. The van der Waals surface area contributed by atoms with E-state index in [2.05, 4.69) is 0 Å². The van der Waals surface area contributed by atoms with Crippen LogP contribution in [0.5, 0.6) is 0 Å². The zero-order valence-electron chi connectivity index (χ0n) is 6.86. The van der Waals surface area contributed by atoms with Crippen molar-refractivity contribution in [1.29, 1.82) is 0 Å². The average Bonchev–Trinajstić information content (AvgIpc) is 2.19. The molecule has 2 rings (SSSR count). The molecule has 1 saturated heterocycles. The Morgan fingerprint density at radius 1 is 1.31 bits per heavy atom. The van der Waals surface area contributed by atoms with Gasteiger partial charge in [0.05, 0.1) is 5.38 Å². The summed E-state index contributed by atoms with van der Waals surface area (Å²) < 4.78 is 12.7. The highest BCUT2D eigenvalue weighted by Gasteiger charge is 2.40. The fourth-order valence-electron chi connectivity index (χ4n) is 1.24. The smallest absolute Gasteiger partial charge is 0.163 e. The summed E-state index contributed by atoms with van der Waals surface area (Å²) >= 11 is 7.07. The quantitative estimate of drug-likeness (QED) is 0.683. The molecular formula is C10H9ClFS. The molecule has 1 aliphatic rings. The summed E-state index contributed by atoms with van der Waals surface area (Å²) in [6.45, 7) is 0. The number of alkyl halides is 2. The maximum absolute atomic E-state index is 12.7. The van der Waals surface area contributed by atoms with Crippen LogP contribution in [0.2, 0.25) is 0 Å². The van der Waals surface area contributed by atoms with Crippen LogP contribution in [0, 0.1) is 6.42 Å². The van der Waals surface area contributed by atoms with Crippen molar-refractivity contribution in [2.75, 3.05) is 0 Å². The van der Waals surface area contributed by atoms with Gasteiger partial charge in [0.15, 0.2) is 5.50 Å². The van der Waals surface area contributed by atoms with Crippen LogP contribution in [-0.2, 0) is 0 Å². The molecule has 0 N–H and O–H groups in total. The number of hydrogen-bond acceptors (Lipinski definition) is 1. The van der Waals surface area contributed by atoms with Crippen molar-refractivity contribution in [2.24, 2.45) is 0 Å². The molecule has 3 heteroatoms. The van der Waals surface area contributed by atoms with Crippen molar-refractivity contribution in [2.45, 2.75) is 16.1 Å². The molecule has 1 fully saturated rings. The van der Waals surface area contributed by atoms with Gasteiger partial charge in [0.1, 0.15) is 0 Å². The van der Waals surface area contributed by atoms with Crippen LogP contribution in [-0.4, -0.2) is 16.1 Å². The van der Waals surface area contributed by atoms with Crippen LogP contribution in [0.25, 0.3) is 0 Å². The molecular weight excluding hydrogens is 207 g/mol. The lowest BCUT2D eigenvalue weighted by Crippen LogP contribution is -2.38. The second kappa shape index (κ2) is 3.89. The monoisotopic (exact) mass is 215 g/mol. The Balaban J connectivity index is 1.93. The Labute approximate surface area is 86.5 Å². The Bertz CT molecular complexity index is 278. The number of benzene rings is 1. The van der Waals surface area contributed by atoms with Gasteiger partial charge in [-0.3, -0.25) is 0 Å². The maximum atomic E-state index is 12.7. The van der Waals surface area contributed by atoms with E-state index in [1.807, 2.05) is 36.8 Å². The van der Waals surface area contributed by atoms with Crippen LogP contribution in [0.3, 0.4) is 0 Å². The molecule has 3 unspecified atom stereocenters. The molecule has 0 spiro atoms. The van der Waals surface area contributed by atoms with Crippen molar-refractivity contribution in [3.63, 3.8) is 0 Å². The van der Waals surface area contributed by atoms with Gasteiger partial charge in [-0.1, -0.05) is 30.3 Å². The maximum Gasteiger partial charge on any atom is 0.163 e. The number of thioether (sulfide) groups is 1. The van der Waals surface area contributed by atoms with Crippen LogP contribution < -0.4 is 0 Å². The zero-order chi connectivity index (χ0) is 9.26. The van der Waals surface area contributed by atoms with Crippen molar-refractivity contribution in [3.8, 4) is 0 Å². The first kappa shape index (κ1) is 9.35. The zero-order valence-corrected chi connectivity index (χ0v) is 8.43. The van der Waals surface area contributed by atoms with E-state index < -0.39 is 5.50 Å². The summed E-state index contributed by atoms with van der Waals surface area (Å²) in [5, 5.41) is -0.232. The third kappa shape index (κ3) is 2.00. The molecule has 69 valence electrons. The highest BCUT2D eigenvalue weighted by Crippen LogP contribution is 2.43. The lowest BCUT2D eigenvalue weighted by atomic mass is 10.1. The highest BCUT2D eigenvalue weighted by molar-refractivity contribution is 8.02. The van der Waals surface area contributed by atoms with Crippen LogP contribution >= 0.6 is 23.4 Å². The minimum absolute atomic E-state index is 0.124. The van der Waals surface area contributed by atoms with Crippen LogP contribution in [0.4, 0.5) is 4.39 Å². The van der Waals surface area contributed by atoms with Crippen LogP contribution in [0.1, 0.15) is 5.56 Å². The Morgan fingerprint density at radius 3 is 2.54 bits per heavy atom. The number of rotatable bonds is 2. The summed E-state index contributed by atoms with van der Waals surface area (Å²) in [4.78, 5) is 0. The van der Waals surface area contributed by atoms with E-state index in [4.69, 9.17) is 11.6 Å². The lowest BCUT2D eigenvalue weighted by molar-refractivity contribution is 0.410. The van der Waals surface area contributed by atoms with Gasteiger partial charge in [0, 0.05) is 11.7 Å². The molecule has 0 aliphatic carbocycles. The molecule has 1 radical (unpaired) electrons. The van der Waals surface area contributed by atoms with E-state index in [0.717, 1.165) is 5.56 Å². The first-order valence-corrected chi connectivity index (χ1v) is 5.49. The van der Waals surface area contributed by atoms with E-state index in [-0.39, 0.29) is 10.6 Å². The highest BCUT2D eigenvalue weighted by atomic mass is 35.5. The summed E-state index contributed by atoms with van der Waals surface area (Å²) in [6.07, 6.45) is 2.01. The van der Waals surface area contributed by atoms with E-state index in [1.165, 1.54) is 11.8 Å². The molecule has 0 saturated carbocycles. The van der Waals surface area contributed by atoms with Crippen molar-refractivity contribution >= 4 is 23.4 Å². The van der Waals surface area contributed by atoms with Crippen LogP contribution in [0.15, 0.2) is 30.3 Å². The summed E-state index contributed by atoms with van der Waals surface area (Å²) in [6, 6.07) is 9.88. The number of halogens is 2. The Morgan fingerprint density at radius 2 is 2.00 bits per heavy atom.